The second-order valence-electron chi connectivity index (χ2n) is 6.77. The first-order valence-corrected chi connectivity index (χ1v) is 10.4. The number of fused-ring (bicyclic) bond motifs is 1. The van der Waals surface area contributed by atoms with Crippen LogP contribution < -0.4 is 9.62 Å². The van der Waals surface area contributed by atoms with Crippen LogP contribution in [0.3, 0.4) is 0 Å². The summed E-state index contributed by atoms with van der Waals surface area (Å²) in [5.41, 5.74) is 2.66. The van der Waals surface area contributed by atoms with Crippen LogP contribution in [0.2, 0.25) is 0 Å². The molecule has 0 unspecified atom stereocenters. The van der Waals surface area contributed by atoms with E-state index in [4.69, 9.17) is 0 Å². The van der Waals surface area contributed by atoms with Crippen molar-refractivity contribution in [3.63, 3.8) is 0 Å². The zero-order valence-electron chi connectivity index (χ0n) is 16.2. The van der Waals surface area contributed by atoms with Crippen molar-refractivity contribution in [1.82, 2.24) is 19.7 Å². The summed E-state index contributed by atoms with van der Waals surface area (Å²) in [5.74, 6) is 0.761. The summed E-state index contributed by atoms with van der Waals surface area (Å²) in [5, 5.41) is 5.04. The van der Waals surface area contributed by atoms with Crippen molar-refractivity contribution < 1.29 is 8.42 Å². The highest BCUT2D eigenvalue weighted by Crippen LogP contribution is 2.28. The van der Waals surface area contributed by atoms with Gasteiger partial charge in [-0.2, -0.15) is 5.10 Å². The van der Waals surface area contributed by atoms with Gasteiger partial charge in [-0.05, 0) is 30.3 Å². The van der Waals surface area contributed by atoms with Crippen molar-refractivity contribution in [1.29, 1.82) is 0 Å². The van der Waals surface area contributed by atoms with E-state index in [-0.39, 0.29) is 4.90 Å². The van der Waals surface area contributed by atoms with E-state index in [2.05, 4.69) is 19.8 Å². The fourth-order valence-electron chi connectivity index (χ4n) is 3.17. The van der Waals surface area contributed by atoms with Gasteiger partial charge in [0, 0.05) is 44.5 Å². The van der Waals surface area contributed by atoms with Crippen LogP contribution in [0, 0.1) is 0 Å². The molecule has 29 heavy (non-hydrogen) atoms. The first-order chi connectivity index (χ1) is 13.9. The second-order valence-corrected chi connectivity index (χ2v) is 8.45. The molecule has 0 spiro atoms. The van der Waals surface area contributed by atoms with Gasteiger partial charge < -0.3 is 4.90 Å². The molecule has 0 amide bonds. The lowest BCUT2D eigenvalue weighted by Crippen LogP contribution is -2.14. The van der Waals surface area contributed by atoms with Gasteiger partial charge in [0.1, 0.15) is 10.7 Å². The van der Waals surface area contributed by atoms with Gasteiger partial charge in [0.25, 0.3) is 10.0 Å². The predicted octanol–water partition coefficient (Wildman–Crippen LogP) is 2.90. The number of hydrogen-bond acceptors (Lipinski definition) is 6. The monoisotopic (exact) mass is 408 g/mol. The average Bonchev–Trinajstić information content (AvgIpc) is 3.10. The first kappa shape index (κ1) is 18.9. The Morgan fingerprint density at radius 3 is 2.55 bits per heavy atom. The average molecular weight is 408 g/mol. The minimum Gasteiger partial charge on any atom is -0.362 e. The highest BCUT2D eigenvalue weighted by atomic mass is 32.2. The zero-order valence-corrected chi connectivity index (χ0v) is 17.1. The molecule has 8 nitrogen and oxygen atoms in total. The van der Waals surface area contributed by atoms with Gasteiger partial charge in [0.05, 0.1) is 23.1 Å². The molecule has 4 rings (SSSR count). The lowest BCUT2D eigenvalue weighted by molar-refractivity contribution is 0.601. The van der Waals surface area contributed by atoms with Gasteiger partial charge in [-0.1, -0.05) is 12.1 Å². The van der Waals surface area contributed by atoms with Crippen LogP contribution in [0.4, 0.5) is 11.5 Å². The normalized spacial score (nSPS) is 11.6. The maximum atomic E-state index is 12.9. The number of aromatic nitrogens is 4. The molecule has 0 aliphatic carbocycles. The maximum Gasteiger partial charge on any atom is 0.263 e. The Bertz CT molecular complexity index is 1280. The van der Waals surface area contributed by atoms with Gasteiger partial charge in [-0.3, -0.25) is 14.4 Å². The molecular weight excluding hydrogens is 388 g/mol. The Balaban J connectivity index is 1.67. The molecule has 9 heteroatoms. The van der Waals surface area contributed by atoms with Crippen molar-refractivity contribution in [2.75, 3.05) is 23.7 Å². The van der Waals surface area contributed by atoms with Gasteiger partial charge in [0.15, 0.2) is 0 Å². The molecule has 0 aliphatic heterocycles. The number of aryl methyl sites for hydroxylation is 1. The highest BCUT2D eigenvalue weighted by molar-refractivity contribution is 7.92. The number of benzene rings is 1. The second kappa shape index (κ2) is 7.17. The molecule has 0 aliphatic rings. The largest absolute Gasteiger partial charge is 0.362 e. The Labute approximate surface area is 168 Å². The molecule has 148 valence electrons. The minimum atomic E-state index is -3.80. The first-order valence-electron chi connectivity index (χ1n) is 8.89. The van der Waals surface area contributed by atoms with E-state index in [0.29, 0.717) is 16.9 Å². The number of nitrogens with one attached hydrogen (secondary N) is 1. The summed E-state index contributed by atoms with van der Waals surface area (Å²) < 4.78 is 30.1. The molecule has 4 aromatic rings. The predicted molar refractivity (Wildman–Crippen MR) is 113 cm³/mol. The SMILES string of the molecule is CN(C)c1ncccc1-c1ccc(S(=O)(=O)Nc2cccc3cnn(C)c23)cn1. The Kier molecular flexibility index (Phi) is 4.67. The number of hydrogen-bond donors (Lipinski definition) is 1. The van der Waals surface area contributed by atoms with E-state index in [1.54, 1.807) is 48.4 Å². The third-order valence-electron chi connectivity index (χ3n) is 4.54. The third kappa shape index (κ3) is 3.52. The molecule has 3 heterocycles. The van der Waals surface area contributed by atoms with Crippen molar-refractivity contribution in [2.24, 2.45) is 7.05 Å². The Hall–Kier alpha value is -3.46. The molecule has 0 atom stereocenters. The fraction of sp³-hybridized carbons (Fsp3) is 0.150. The van der Waals surface area contributed by atoms with E-state index in [0.717, 1.165) is 16.8 Å². The molecule has 3 aromatic heterocycles. The summed E-state index contributed by atoms with van der Waals surface area (Å²) in [6.07, 6.45) is 4.76. The molecule has 0 saturated heterocycles. The van der Waals surface area contributed by atoms with Gasteiger partial charge in [-0.25, -0.2) is 13.4 Å². The molecule has 0 saturated carbocycles. The summed E-state index contributed by atoms with van der Waals surface area (Å²) in [4.78, 5) is 10.7. The van der Waals surface area contributed by atoms with Crippen LogP contribution in [0.1, 0.15) is 0 Å². The number of rotatable bonds is 5. The highest BCUT2D eigenvalue weighted by Gasteiger charge is 2.18. The van der Waals surface area contributed by atoms with Gasteiger partial charge in [-0.15, -0.1) is 0 Å². The fourth-order valence-corrected chi connectivity index (χ4v) is 4.18. The van der Waals surface area contributed by atoms with Crippen molar-refractivity contribution in [3.05, 3.63) is 61.1 Å². The molecule has 0 fully saturated rings. The molecule has 1 aromatic carbocycles. The van der Waals surface area contributed by atoms with E-state index in [1.165, 1.54) is 6.20 Å². The molecule has 1 N–H and O–H groups in total. The summed E-state index contributed by atoms with van der Waals surface area (Å²) in [6.45, 7) is 0. The van der Waals surface area contributed by atoms with Crippen molar-refractivity contribution >= 4 is 32.4 Å². The minimum absolute atomic E-state index is 0.0794. The third-order valence-corrected chi connectivity index (χ3v) is 5.89. The van der Waals surface area contributed by atoms with Gasteiger partial charge >= 0.3 is 0 Å². The number of para-hydroxylation sites is 1. The quantitative estimate of drug-likeness (QED) is 0.546. The van der Waals surface area contributed by atoms with E-state index >= 15 is 0 Å². The van der Waals surface area contributed by atoms with E-state index in [9.17, 15) is 8.42 Å². The maximum absolute atomic E-state index is 12.9. The van der Waals surface area contributed by atoms with E-state index in [1.807, 2.05) is 37.2 Å². The smallest absolute Gasteiger partial charge is 0.263 e. The zero-order chi connectivity index (χ0) is 20.6. The summed E-state index contributed by atoms with van der Waals surface area (Å²) in [6, 6.07) is 12.3. The van der Waals surface area contributed by atoms with Crippen LogP contribution in [-0.2, 0) is 17.1 Å². The van der Waals surface area contributed by atoms with Crippen LogP contribution in [0.5, 0.6) is 0 Å². The van der Waals surface area contributed by atoms with Crippen LogP contribution in [0.25, 0.3) is 22.2 Å². The van der Waals surface area contributed by atoms with Crippen LogP contribution in [0.15, 0.2) is 66.0 Å². The summed E-state index contributed by atoms with van der Waals surface area (Å²) in [7, 11) is 1.76. The number of sulfonamides is 1. The topological polar surface area (TPSA) is 93.0 Å². The standard InChI is InChI=1S/C20H20N6O2S/c1-25(2)20-16(7-5-11-21-20)17-10-9-15(13-22-17)29(27,28)24-18-8-4-6-14-12-23-26(3)19(14)18/h4-13,24H,1-3H3. The molecular formula is C20H20N6O2S. The molecule has 0 radical (unpaired) electrons. The van der Waals surface area contributed by atoms with Crippen molar-refractivity contribution in [2.45, 2.75) is 4.90 Å². The number of nitrogens with zero attached hydrogens (tertiary/aromatic N) is 5. The summed E-state index contributed by atoms with van der Waals surface area (Å²) >= 11 is 0. The number of pyridine rings is 2. The lowest BCUT2D eigenvalue weighted by Gasteiger charge is -2.15. The Morgan fingerprint density at radius 2 is 1.83 bits per heavy atom. The van der Waals surface area contributed by atoms with Crippen LogP contribution >= 0.6 is 0 Å². The molecule has 0 bridgehead atoms. The van der Waals surface area contributed by atoms with Crippen LogP contribution in [-0.4, -0.2) is 42.3 Å². The van der Waals surface area contributed by atoms with E-state index < -0.39 is 10.0 Å². The Morgan fingerprint density at radius 1 is 1.00 bits per heavy atom. The lowest BCUT2D eigenvalue weighted by atomic mass is 10.1. The number of anilines is 2. The van der Waals surface area contributed by atoms with Crippen molar-refractivity contribution in [3.8, 4) is 11.3 Å². The van der Waals surface area contributed by atoms with Gasteiger partial charge in [0.2, 0.25) is 0 Å².